The largest absolute Gasteiger partial charge is 0.444 e. The molecular weight excluding hydrogens is 246 g/mol. The average Bonchev–Trinajstić information content (AvgIpc) is 2.34. The molecular formula is C13H23N3O3. The van der Waals surface area contributed by atoms with Gasteiger partial charge in [0.05, 0.1) is 0 Å². The molecule has 0 atom stereocenters. The van der Waals surface area contributed by atoms with Crippen LogP contribution in [0.5, 0.6) is 0 Å². The number of nitrogens with one attached hydrogen (secondary N) is 1. The molecule has 3 amide bonds. The summed E-state index contributed by atoms with van der Waals surface area (Å²) in [4.78, 5) is 26.8. The molecule has 0 spiro atoms. The minimum absolute atomic E-state index is 0.122. The van der Waals surface area contributed by atoms with E-state index < -0.39 is 5.60 Å². The van der Waals surface area contributed by atoms with Gasteiger partial charge in [-0.05, 0) is 20.8 Å². The van der Waals surface area contributed by atoms with E-state index in [0.29, 0.717) is 32.7 Å². The Morgan fingerprint density at radius 1 is 1.21 bits per heavy atom. The number of piperazine rings is 1. The maximum atomic E-state index is 11.8. The van der Waals surface area contributed by atoms with Gasteiger partial charge in [0.2, 0.25) is 0 Å². The summed E-state index contributed by atoms with van der Waals surface area (Å²) in [6.45, 7) is 11.5. The monoisotopic (exact) mass is 269 g/mol. The summed E-state index contributed by atoms with van der Waals surface area (Å²) in [5, 5.41) is 2.72. The molecule has 1 aliphatic rings. The zero-order valence-electron chi connectivity index (χ0n) is 11.9. The van der Waals surface area contributed by atoms with E-state index in [1.165, 1.54) is 0 Å². The molecule has 0 radical (unpaired) electrons. The van der Waals surface area contributed by atoms with Crippen molar-refractivity contribution in [3.8, 4) is 0 Å². The molecule has 0 unspecified atom stereocenters. The Labute approximate surface area is 114 Å². The number of carbonyl (C=O) groups excluding carboxylic acids is 2. The van der Waals surface area contributed by atoms with Crippen LogP contribution in [-0.4, -0.2) is 60.2 Å². The van der Waals surface area contributed by atoms with E-state index in [0.717, 1.165) is 0 Å². The van der Waals surface area contributed by atoms with Gasteiger partial charge in [-0.3, -0.25) is 0 Å². The van der Waals surface area contributed by atoms with Crippen molar-refractivity contribution in [1.29, 1.82) is 0 Å². The number of carbonyl (C=O) groups is 2. The lowest BCUT2D eigenvalue weighted by atomic mass is 10.2. The predicted molar refractivity (Wildman–Crippen MR) is 73.0 cm³/mol. The Balaban J connectivity index is 2.38. The van der Waals surface area contributed by atoms with E-state index in [2.05, 4.69) is 11.9 Å². The number of urea groups is 1. The van der Waals surface area contributed by atoms with Crippen molar-refractivity contribution in [3.05, 3.63) is 12.7 Å². The standard InChI is InChI=1S/C13H23N3O3/c1-5-6-14-11(17)15-7-9-16(10-8-15)12(18)19-13(2,3)4/h5H,1,6-10H2,2-4H3,(H,14,17). The molecule has 1 heterocycles. The molecule has 0 aromatic rings. The zero-order chi connectivity index (χ0) is 14.5. The van der Waals surface area contributed by atoms with Crippen molar-refractivity contribution in [1.82, 2.24) is 15.1 Å². The number of amides is 3. The molecule has 0 bridgehead atoms. The summed E-state index contributed by atoms with van der Waals surface area (Å²) in [6, 6.07) is -0.122. The van der Waals surface area contributed by atoms with E-state index in [4.69, 9.17) is 4.74 Å². The van der Waals surface area contributed by atoms with Crippen LogP contribution >= 0.6 is 0 Å². The summed E-state index contributed by atoms with van der Waals surface area (Å²) in [5.41, 5.74) is -0.491. The van der Waals surface area contributed by atoms with Crippen LogP contribution in [0.1, 0.15) is 20.8 Å². The van der Waals surface area contributed by atoms with E-state index in [1.807, 2.05) is 20.8 Å². The number of nitrogens with zero attached hydrogens (tertiary/aromatic N) is 2. The molecule has 1 aliphatic heterocycles. The molecule has 19 heavy (non-hydrogen) atoms. The van der Waals surface area contributed by atoms with Gasteiger partial charge in [-0.25, -0.2) is 9.59 Å². The molecule has 6 nitrogen and oxygen atoms in total. The summed E-state index contributed by atoms with van der Waals surface area (Å²) in [6.07, 6.45) is 1.31. The third-order valence-electron chi connectivity index (χ3n) is 2.62. The third kappa shape index (κ3) is 5.19. The molecule has 108 valence electrons. The van der Waals surface area contributed by atoms with Gasteiger partial charge < -0.3 is 19.9 Å². The van der Waals surface area contributed by atoms with E-state index in [9.17, 15) is 9.59 Å². The molecule has 1 rings (SSSR count). The fraction of sp³-hybridized carbons (Fsp3) is 0.692. The van der Waals surface area contributed by atoms with Crippen molar-refractivity contribution in [2.75, 3.05) is 32.7 Å². The van der Waals surface area contributed by atoms with E-state index >= 15 is 0 Å². The van der Waals surface area contributed by atoms with Gasteiger partial charge in [-0.2, -0.15) is 0 Å². The Bertz CT molecular complexity index is 342. The number of hydrogen-bond acceptors (Lipinski definition) is 3. The van der Waals surface area contributed by atoms with Gasteiger partial charge in [0.1, 0.15) is 5.60 Å². The maximum absolute atomic E-state index is 11.8. The molecule has 1 saturated heterocycles. The minimum Gasteiger partial charge on any atom is -0.444 e. The normalized spacial score (nSPS) is 15.9. The fourth-order valence-electron chi connectivity index (χ4n) is 1.69. The summed E-state index contributed by atoms with van der Waals surface area (Å²) in [5.74, 6) is 0. The van der Waals surface area contributed by atoms with Crippen molar-refractivity contribution < 1.29 is 14.3 Å². The number of rotatable bonds is 2. The van der Waals surface area contributed by atoms with Crippen LogP contribution in [0, 0.1) is 0 Å². The average molecular weight is 269 g/mol. The first kappa shape index (κ1) is 15.3. The molecule has 6 heteroatoms. The topological polar surface area (TPSA) is 61.9 Å². The summed E-state index contributed by atoms with van der Waals surface area (Å²) >= 11 is 0. The Kier molecular flexibility index (Phi) is 5.20. The Morgan fingerprint density at radius 3 is 2.21 bits per heavy atom. The third-order valence-corrected chi connectivity index (χ3v) is 2.62. The first-order chi connectivity index (χ1) is 8.83. The quantitative estimate of drug-likeness (QED) is 0.771. The first-order valence-electron chi connectivity index (χ1n) is 6.45. The van der Waals surface area contributed by atoms with Gasteiger partial charge in [-0.1, -0.05) is 6.08 Å². The lowest BCUT2D eigenvalue weighted by Gasteiger charge is -2.35. The molecule has 0 aliphatic carbocycles. The highest BCUT2D eigenvalue weighted by Crippen LogP contribution is 2.11. The first-order valence-corrected chi connectivity index (χ1v) is 6.45. The van der Waals surface area contributed by atoms with Crippen LogP contribution in [0.2, 0.25) is 0 Å². The van der Waals surface area contributed by atoms with Gasteiger partial charge >= 0.3 is 12.1 Å². The van der Waals surface area contributed by atoms with Gasteiger partial charge in [-0.15, -0.1) is 6.58 Å². The highest BCUT2D eigenvalue weighted by molar-refractivity contribution is 5.75. The Hall–Kier alpha value is -1.72. The van der Waals surface area contributed by atoms with E-state index in [-0.39, 0.29) is 12.1 Å². The van der Waals surface area contributed by atoms with Crippen LogP contribution in [0.3, 0.4) is 0 Å². The molecule has 1 N–H and O–H groups in total. The van der Waals surface area contributed by atoms with Gasteiger partial charge in [0.25, 0.3) is 0 Å². The number of ether oxygens (including phenoxy) is 1. The van der Waals surface area contributed by atoms with Crippen molar-refractivity contribution in [2.24, 2.45) is 0 Å². The number of hydrogen-bond donors (Lipinski definition) is 1. The molecule has 0 saturated carbocycles. The van der Waals surface area contributed by atoms with Crippen molar-refractivity contribution >= 4 is 12.1 Å². The van der Waals surface area contributed by atoms with Gasteiger partial charge in [0, 0.05) is 32.7 Å². The highest BCUT2D eigenvalue weighted by Gasteiger charge is 2.27. The Morgan fingerprint density at radius 2 is 1.74 bits per heavy atom. The van der Waals surface area contributed by atoms with Crippen LogP contribution < -0.4 is 5.32 Å². The zero-order valence-corrected chi connectivity index (χ0v) is 11.9. The minimum atomic E-state index is -0.491. The van der Waals surface area contributed by atoms with Gasteiger partial charge in [0.15, 0.2) is 0 Å². The smallest absolute Gasteiger partial charge is 0.410 e. The SMILES string of the molecule is C=CCNC(=O)N1CCN(C(=O)OC(C)(C)C)CC1. The van der Waals surface area contributed by atoms with Crippen LogP contribution in [0.4, 0.5) is 9.59 Å². The maximum Gasteiger partial charge on any atom is 0.410 e. The fourth-order valence-corrected chi connectivity index (χ4v) is 1.69. The van der Waals surface area contributed by atoms with Crippen LogP contribution in [0.25, 0.3) is 0 Å². The van der Waals surface area contributed by atoms with Crippen molar-refractivity contribution in [3.63, 3.8) is 0 Å². The predicted octanol–water partition coefficient (Wildman–Crippen LogP) is 1.43. The lowest BCUT2D eigenvalue weighted by Crippen LogP contribution is -2.53. The van der Waals surface area contributed by atoms with E-state index in [1.54, 1.807) is 15.9 Å². The molecule has 1 fully saturated rings. The second kappa shape index (κ2) is 6.45. The lowest BCUT2D eigenvalue weighted by molar-refractivity contribution is 0.0170. The molecule has 0 aromatic heterocycles. The second-order valence-corrected chi connectivity index (χ2v) is 5.43. The summed E-state index contributed by atoms with van der Waals surface area (Å²) in [7, 11) is 0. The van der Waals surface area contributed by atoms with Crippen molar-refractivity contribution in [2.45, 2.75) is 26.4 Å². The highest BCUT2D eigenvalue weighted by atomic mass is 16.6. The second-order valence-electron chi connectivity index (χ2n) is 5.43. The molecule has 0 aromatic carbocycles. The summed E-state index contributed by atoms with van der Waals surface area (Å²) < 4.78 is 5.29. The van der Waals surface area contributed by atoms with Crippen LogP contribution in [0.15, 0.2) is 12.7 Å². The van der Waals surface area contributed by atoms with Crippen LogP contribution in [-0.2, 0) is 4.74 Å².